The van der Waals surface area contributed by atoms with Gasteiger partial charge < -0.3 is 15.5 Å². The Hall–Kier alpha value is -1.13. The van der Waals surface area contributed by atoms with Crippen LogP contribution in [0.1, 0.15) is 57.9 Å². The van der Waals surface area contributed by atoms with Gasteiger partial charge in [-0.3, -0.25) is 0 Å². The van der Waals surface area contributed by atoms with E-state index in [1.165, 1.54) is 44.3 Å². The highest BCUT2D eigenvalue weighted by molar-refractivity contribution is 7.80. The lowest BCUT2D eigenvalue weighted by Crippen LogP contribution is -3.16. The number of quaternary nitrogens is 1. The molecule has 128 valence electrons. The number of likely N-dealkylation sites (tertiary alicyclic amines) is 1. The maximum atomic E-state index is 5.38. The number of benzene rings is 1. The third-order valence-electron chi connectivity index (χ3n) is 4.88. The number of thiocarbonyl (C=S) groups is 1. The monoisotopic (exact) mass is 334 g/mol. The van der Waals surface area contributed by atoms with Gasteiger partial charge in [0.05, 0.1) is 19.1 Å². The number of anilines is 1. The number of hydrogen-bond donors (Lipinski definition) is 3. The lowest BCUT2D eigenvalue weighted by Gasteiger charge is -2.30. The molecule has 0 bridgehead atoms. The van der Waals surface area contributed by atoms with Crippen LogP contribution in [0.2, 0.25) is 0 Å². The first-order valence-electron chi connectivity index (χ1n) is 9.05. The fraction of sp³-hybridized carbons (Fsp3) is 0.632. The molecule has 0 radical (unpaired) electrons. The molecule has 1 unspecified atom stereocenters. The Balaban J connectivity index is 1.64. The lowest BCUT2D eigenvalue weighted by atomic mass is 10.0. The summed E-state index contributed by atoms with van der Waals surface area (Å²) in [4.78, 5) is 1.77. The second kappa shape index (κ2) is 9.24. The van der Waals surface area contributed by atoms with E-state index in [1.54, 1.807) is 4.90 Å². The first-order valence-corrected chi connectivity index (χ1v) is 9.46. The molecule has 3 N–H and O–H groups in total. The number of rotatable bonds is 6. The van der Waals surface area contributed by atoms with Gasteiger partial charge >= 0.3 is 0 Å². The van der Waals surface area contributed by atoms with Crippen LogP contribution in [0.3, 0.4) is 0 Å². The van der Waals surface area contributed by atoms with Crippen LogP contribution in [0.25, 0.3) is 0 Å². The first-order chi connectivity index (χ1) is 11.1. The zero-order valence-corrected chi connectivity index (χ0v) is 15.6. The van der Waals surface area contributed by atoms with Crippen molar-refractivity contribution in [1.82, 2.24) is 5.32 Å². The Bertz CT molecular complexity index is 484. The minimum absolute atomic E-state index is 0.564. The topological polar surface area (TPSA) is 28.5 Å². The van der Waals surface area contributed by atoms with Gasteiger partial charge in [0, 0.05) is 18.7 Å². The molecule has 0 saturated carbocycles. The van der Waals surface area contributed by atoms with Crippen LogP contribution in [-0.2, 0) is 0 Å². The lowest BCUT2D eigenvalue weighted by molar-refractivity contribution is -0.928. The normalized spacial score (nSPS) is 21.2. The molecule has 1 saturated heterocycles. The van der Waals surface area contributed by atoms with Crippen molar-refractivity contribution < 1.29 is 4.90 Å². The minimum Gasteiger partial charge on any atom is -0.362 e. The Labute approximate surface area is 146 Å². The maximum Gasteiger partial charge on any atom is 0.170 e. The van der Waals surface area contributed by atoms with Gasteiger partial charge in [-0.1, -0.05) is 26.0 Å². The molecular formula is C19H32N3S+. The molecule has 23 heavy (non-hydrogen) atoms. The van der Waals surface area contributed by atoms with Crippen molar-refractivity contribution in [3.8, 4) is 0 Å². The summed E-state index contributed by atoms with van der Waals surface area (Å²) in [6, 6.07) is 9.35. The van der Waals surface area contributed by atoms with E-state index in [0.717, 1.165) is 23.4 Å². The van der Waals surface area contributed by atoms with E-state index in [0.29, 0.717) is 5.92 Å². The second-order valence-corrected chi connectivity index (χ2v) is 7.47. The van der Waals surface area contributed by atoms with Crippen molar-refractivity contribution in [3.05, 3.63) is 29.8 Å². The van der Waals surface area contributed by atoms with E-state index in [2.05, 4.69) is 55.7 Å². The summed E-state index contributed by atoms with van der Waals surface area (Å²) in [6.45, 7) is 10.3. The highest BCUT2D eigenvalue weighted by Crippen LogP contribution is 2.16. The van der Waals surface area contributed by atoms with Gasteiger partial charge in [-0.2, -0.15) is 0 Å². The number of hydrogen-bond acceptors (Lipinski definition) is 1. The molecular weight excluding hydrogens is 302 g/mol. The van der Waals surface area contributed by atoms with E-state index in [1.807, 2.05) is 0 Å². The molecule has 1 aromatic rings. The second-order valence-electron chi connectivity index (χ2n) is 7.07. The van der Waals surface area contributed by atoms with Crippen molar-refractivity contribution >= 4 is 23.0 Å². The summed E-state index contributed by atoms with van der Waals surface area (Å²) in [5, 5.41) is 7.32. The Morgan fingerprint density at radius 1 is 1.26 bits per heavy atom. The van der Waals surface area contributed by atoms with Gasteiger partial charge in [-0.05, 0) is 62.0 Å². The fourth-order valence-electron chi connectivity index (χ4n) is 3.27. The van der Waals surface area contributed by atoms with Crippen LogP contribution < -0.4 is 15.5 Å². The molecule has 0 aliphatic carbocycles. The van der Waals surface area contributed by atoms with Crippen LogP contribution in [0.15, 0.2) is 24.3 Å². The molecule has 1 aromatic carbocycles. The zero-order chi connectivity index (χ0) is 16.7. The van der Waals surface area contributed by atoms with Crippen molar-refractivity contribution in [1.29, 1.82) is 0 Å². The van der Waals surface area contributed by atoms with Gasteiger partial charge in [0.25, 0.3) is 0 Å². The Morgan fingerprint density at radius 2 is 2.00 bits per heavy atom. The maximum absolute atomic E-state index is 5.38. The quantitative estimate of drug-likeness (QED) is 0.552. The zero-order valence-electron chi connectivity index (χ0n) is 14.8. The summed E-state index contributed by atoms with van der Waals surface area (Å²) in [7, 11) is 0. The average molecular weight is 335 g/mol. The minimum atomic E-state index is 0.564. The van der Waals surface area contributed by atoms with Gasteiger partial charge in [0.1, 0.15) is 0 Å². The summed E-state index contributed by atoms with van der Waals surface area (Å²) < 4.78 is 0. The molecule has 1 heterocycles. The number of nitrogens with one attached hydrogen (secondary N) is 3. The molecule has 3 nitrogen and oxygen atoms in total. The van der Waals surface area contributed by atoms with E-state index in [4.69, 9.17) is 12.2 Å². The predicted molar refractivity (Wildman–Crippen MR) is 103 cm³/mol. The van der Waals surface area contributed by atoms with Crippen LogP contribution in [0.5, 0.6) is 0 Å². The predicted octanol–water partition coefficient (Wildman–Crippen LogP) is 2.94. The van der Waals surface area contributed by atoms with Crippen LogP contribution in [-0.4, -0.2) is 30.8 Å². The molecule has 2 rings (SSSR count). The molecule has 1 fully saturated rings. The molecule has 1 aliphatic rings. The van der Waals surface area contributed by atoms with Crippen LogP contribution >= 0.6 is 12.2 Å². The van der Waals surface area contributed by atoms with Crippen LogP contribution in [0.4, 0.5) is 5.69 Å². The molecule has 0 spiro atoms. The largest absolute Gasteiger partial charge is 0.362 e. The molecule has 2 atom stereocenters. The average Bonchev–Trinajstić information content (AvgIpc) is 2.53. The Kier molecular flexibility index (Phi) is 7.31. The fourth-order valence-corrected chi connectivity index (χ4v) is 3.49. The summed E-state index contributed by atoms with van der Waals surface area (Å²) in [5.41, 5.74) is 2.41. The van der Waals surface area contributed by atoms with Gasteiger partial charge in [0.15, 0.2) is 5.11 Å². The molecule has 0 amide bonds. The smallest absolute Gasteiger partial charge is 0.170 e. The van der Waals surface area contributed by atoms with Gasteiger partial charge in [-0.25, -0.2) is 0 Å². The standard InChI is InChI=1S/C19H31N3S/c1-15(2)17-8-10-18(11-9-17)21-19(23)20-12-6-14-22-13-5-4-7-16(22)3/h8-11,15-16H,4-7,12-14H2,1-3H3,(H2,20,21,23)/p+1/t16-/m0/s1. The molecule has 4 heteroatoms. The number of piperidine rings is 1. The summed E-state index contributed by atoms with van der Waals surface area (Å²) >= 11 is 5.38. The third-order valence-corrected chi connectivity index (χ3v) is 5.12. The van der Waals surface area contributed by atoms with Crippen molar-refractivity contribution in [3.63, 3.8) is 0 Å². The van der Waals surface area contributed by atoms with Gasteiger partial charge in [0.2, 0.25) is 0 Å². The molecule has 1 aliphatic heterocycles. The van der Waals surface area contributed by atoms with Crippen molar-refractivity contribution in [2.45, 2.75) is 58.4 Å². The third kappa shape index (κ3) is 6.11. The van der Waals surface area contributed by atoms with E-state index in [-0.39, 0.29) is 0 Å². The van der Waals surface area contributed by atoms with E-state index < -0.39 is 0 Å². The van der Waals surface area contributed by atoms with Gasteiger partial charge in [-0.15, -0.1) is 0 Å². The SMILES string of the molecule is CC(C)c1ccc(NC(=S)NCCC[NH+]2CCCC[C@@H]2C)cc1. The first kappa shape index (κ1) is 18.2. The highest BCUT2D eigenvalue weighted by Gasteiger charge is 2.20. The highest BCUT2D eigenvalue weighted by atomic mass is 32.1. The van der Waals surface area contributed by atoms with Crippen molar-refractivity contribution in [2.75, 3.05) is 25.0 Å². The van der Waals surface area contributed by atoms with Crippen LogP contribution in [0, 0.1) is 0 Å². The van der Waals surface area contributed by atoms with E-state index in [9.17, 15) is 0 Å². The Morgan fingerprint density at radius 3 is 2.65 bits per heavy atom. The summed E-state index contributed by atoms with van der Waals surface area (Å²) in [5.74, 6) is 0.564. The summed E-state index contributed by atoms with van der Waals surface area (Å²) in [6.07, 6.45) is 5.36. The van der Waals surface area contributed by atoms with E-state index >= 15 is 0 Å². The molecule has 0 aromatic heterocycles. The van der Waals surface area contributed by atoms with Crippen molar-refractivity contribution in [2.24, 2.45) is 0 Å².